The first-order chi connectivity index (χ1) is 9.30. The lowest BCUT2D eigenvalue weighted by Crippen LogP contribution is -2.28. The summed E-state index contributed by atoms with van der Waals surface area (Å²) in [5.41, 5.74) is 1.67. The Morgan fingerprint density at radius 1 is 1.55 bits per heavy atom. The minimum absolute atomic E-state index is 0.570. The largest absolute Gasteiger partial charge is 0.481 e. The summed E-state index contributed by atoms with van der Waals surface area (Å²) in [6.45, 7) is 5.89. The van der Waals surface area contributed by atoms with Gasteiger partial charge < -0.3 is 10.4 Å². The van der Waals surface area contributed by atoms with E-state index in [1.807, 2.05) is 20.2 Å². The fraction of sp³-hybridized carbons (Fsp3) is 0.462. The van der Waals surface area contributed by atoms with Crippen molar-refractivity contribution < 1.29 is 9.90 Å². The molecule has 0 aliphatic carbocycles. The molecule has 20 heavy (non-hydrogen) atoms. The van der Waals surface area contributed by atoms with Gasteiger partial charge in [-0.2, -0.15) is 5.10 Å². The number of nitrogens with one attached hydrogen (secondary N) is 1. The van der Waals surface area contributed by atoms with Crippen molar-refractivity contribution in [2.45, 2.75) is 32.7 Å². The van der Waals surface area contributed by atoms with Gasteiger partial charge in [-0.15, -0.1) is 11.3 Å². The Hall–Kier alpha value is -1.89. The van der Waals surface area contributed by atoms with E-state index in [2.05, 4.69) is 15.4 Å². The number of hydrogen-bond donors (Lipinski definition) is 2. The van der Waals surface area contributed by atoms with Crippen molar-refractivity contribution in [1.29, 1.82) is 0 Å². The Bertz CT molecular complexity index is 630. The SMILES string of the molecule is Cc1nn(C)cc1CNc1nc(C(C)(C)C(=O)O)cs1. The molecule has 0 aliphatic heterocycles. The molecule has 2 heterocycles. The smallest absolute Gasteiger partial charge is 0.315 e. The van der Waals surface area contributed by atoms with Gasteiger partial charge in [0.15, 0.2) is 5.13 Å². The highest BCUT2D eigenvalue weighted by Crippen LogP contribution is 2.27. The van der Waals surface area contributed by atoms with E-state index >= 15 is 0 Å². The van der Waals surface area contributed by atoms with Crippen LogP contribution >= 0.6 is 11.3 Å². The topological polar surface area (TPSA) is 80.0 Å². The Labute approximate surface area is 121 Å². The zero-order valence-corrected chi connectivity index (χ0v) is 12.8. The molecule has 108 valence electrons. The van der Waals surface area contributed by atoms with Crippen LogP contribution in [0.2, 0.25) is 0 Å². The Kier molecular flexibility index (Phi) is 3.80. The lowest BCUT2D eigenvalue weighted by atomic mass is 9.90. The zero-order chi connectivity index (χ0) is 14.9. The first-order valence-corrected chi connectivity index (χ1v) is 7.11. The van der Waals surface area contributed by atoms with Gasteiger partial charge in [0.1, 0.15) is 5.41 Å². The van der Waals surface area contributed by atoms with Gasteiger partial charge in [-0.05, 0) is 20.8 Å². The summed E-state index contributed by atoms with van der Waals surface area (Å²) in [5.74, 6) is -0.877. The van der Waals surface area contributed by atoms with Gasteiger partial charge in [-0.25, -0.2) is 4.98 Å². The number of aliphatic carboxylic acids is 1. The first kappa shape index (κ1) is 14.5. The summed E-state index contributed by atoms with van der Waals surface area (Å²) in [4.78, 5) is 15.5. The lowest BCUT2D eigenvalue weighted by Gasteiger charge is -2.15. The molecule has 0 fully saturated rings. The summed E-state index contributed by atoms with van der Waals surface area (Å²) in [6, 6.07) is 0. The number of aryl methyl sites for hydroxylation is 2. The van der Waals surface area contributed by atoms with Gasteiger partial charge in [0, 0.05) is 30.7 Å². The van der Waals surface area contributed by atoms with Crippen LogP contribution < -0.4 is 5.32 Å². The lowest BCUT2D eigenvalue weighted by molar-refractivity contribution is -0.142. The highest BCUT2D eigenvalue weighted by atomic mass is 32.1. The number of hydrogen-bond acceptors (Lipinski definition) is 5. The quantitative estimate of drug-likeness (QED) is 0.883. The van der Waals surface area contributed by atoms with Crippen LogP contribution in [0.15, 0.2) is 11.6 Å². The highest BCUT2D eigenvalue weighted by Gasteiger charge is 2.32. The predicted octanol–water partition coefficient (Wildman–Crippen LogP) is 2.16. The minimum Gasteiger partial charge on any atom is -0.481 e. The van der Waals surface area contributed by atoms with Crippen LogP contribution in [0.1, 0.15) is 30.8 Å². The van der Waals surface area contributed by atoms with E-state index < -0.39 is 11.4 Å². The minimum atomic E-state index is -0.972. The maximum atomic E-state index is 11.2. The molecule has 2 aromatic heterocycles. The van der Waals surface area contributed by atoms with Crippen molar-refractivity contribution >= 4 is 22.4 Å². The van der Waals surface area contributed by atoms with E-state index in [1.54, 1.807) is 23.9 Å². The molecule has 0 unspecified atom stereocenters. The maximum absolute atomic E-state index is 11.2. The van der Waals surface area contributed by atoms with Crippen molar-refractivity contribution in [1.82, 2.24) is 14.8 Å². The summed E-state index contributed by atoms with van der Waals surface area (Å²) < 4.78 is 1.77. The predicted molar refractivity (Wildman–Crippen MR) is 78.0 cm³/mol. The Morgan fingerprint density at radius 3 is 2.80 bits per heavy atom. The second-order valence-corrected chi connectivity index (χ2v) is 6.09. The molecule has 6 nitrogen and oxygen atoms in total. The van der Waals surface area contributed by atoms with Crippen molar-refractivity contribution in [2.24, 2.45) is 7.05 Å². The molecule has 0 spiro atoms. The second-order valence-electron chi connectivity index (χ2n) is 5.24. The standard InChI is InChI=1S/C13H18N4O2S/c1-8-9(6-17(4)16-8)5-14-12-15-10(7-20-12)13(2,3)11(18)19/h6-7H,5H2,1-4H3,(H,14,15)(H,18,19). The van der Waals surface area contributed by atoms with Gasteiger partial charge >= 0.3 is 5.97 Å². The van der Waals surface area contributed by atoms with Crippen LogP contribution in [0.3, 0.4) is 0 Å². The average Bonchev–Trinajstić information content (AvgIpc) is 2.93. The molecule has 0 saturated heterocycles. The van der Waals surface area contributed by atoms with E-state index in [9.17, 15) is 9.90 Å². The summed E-state index contributed by atoms with van der Waals surface area (Å²) in [7, 11) is 1.88. The van der Waals surface area contributed by atoms with Gasteiger partial charge in [0.2, 0.25) is 0 Å². The molecule has 0 aliphatic rings. The van der Waals surface area contributed by atoms with Gasteiger partial charge in [-0.3, -0.25) is 9.48 Å². The molecule has 2 rings (SSSR count). The van der Waals surface area contributed by atoms with Crippen LogP contribution in [0.5, 0.6) is 0 Å². The third-order valence-corrected chi connectivity index (χ3v) is 4.02. The second kappa shape index (κ2) is 5.24. The fourth-order valence-corrected chi connectivity index (χ4v) is 2.62. The van der Waals surface area contributed by atoms with Crippen LogP contribution in [-0.2, 0) is 23.8 Å². The molecule has 0 amide bonds. The average molecular weight is 294 g/mol. The van der Waals surface area contributed by atoms with E-state index in [0.29, 0.717) is 12.2 Å². The number of nitrogens with zero attached hydrogens (tertiary/aromatic N) is 3. The molecule has 0 bridgehead atoms. The zero-order valence-electron chi connectivity index (χ0n) is 12.0. The molecule has 7 heteroatoms. The molecular formula is C13H18N4O2S. The van der Waals surface area contributed by atoms with Gasteiger partial charge in [0.05, 0.1) is 11.4 Å². The maximum Gasteiger partial charge on any atom is 0.315 e. The fourth-order valence-electron chi connectivity index (χ4n) is 1.74. The first-order valence-electron chi connectivity index (χ1n) is 6.23. The van der Waals surface area contributed by atoms with Crippen molar-refractivity contribution in [3.8, 4) is 0 Å². The van der Waals surface area contributed by atoms with E-state index in [0.717, 1.165) is 16.4 Å². The number of aromatic nitrogens is 3. The molecule has 0 saturated carbocycles. The van der Waals surface area contributed by atoms with E-state index in [1.165, 1.54) is 11.3 Å². The molecular weight excluding hydrogens is 276 g/mol. The summed E-state index contributed by atoms with van der Waals surface area (Å²) in [5, 5.41) is 19.2. The summed E-state index contributed by atoms with van der Waals surface area (Å²) in [6.07, 6.45) is 1.96. The number of anilines is 1. The number of carboxylic acid groups (broad SMARTS) is 1. The number of thiazole rings is 1. The summed E-state index contributed by atoms with van der Waals surface area (Å²) >= 11 is 1.41. The molecule has 0 radical (unpaired) electrons. The van der Waals surface area contributed by atoms with Crippen molar-refractivity contribution in [2.75, 3.05) is 5.32 Å². The van der Waals surface area contributed by atoms with E-state index in [4.69, 9.17) is 0 Å². The van der Waals surface area contributed by atoms with E-state index in [-0.39, 0.29) is 0 Å². The van der Waals surface area contributed by atoms with Gasteiger partial charge in [-0.1, -0.05) is 0 Å². The molecule has 0 aromatic carbocycles. The number of carboxylic acids is 1. The monoisotopic (exact) mass is 294 g/mol. The van der Waals surface area contributed by atoms with Crippen molar-refractivity contribution in [3.05, 3.63) is 28.5 Å². The van der Waals surface area contributed by atoms with Crippen LogP contribution in [-0.4, -0.2) is 25.8 Å². The normalized spacial score (nSPS) is 11.6. The molecule has 2 N–H and O–H groups in total. The number of carbonyl (C=O) groups is 1. The highest BCUT2D eigenvalue weighted by molar-refractivity contribution is 7.13. The van der Waals surface area contributed by atoms with Crippen LogP contribution in [0, 0.1) is 6.92 Å². The Balaban J connectivity index is 2.07. The third-order valence-electron chi connectivity index (χ3n) is 3.22. The van der Waals surface area contributed by atoms with Crippen molar-refractivity contribution in [3.63, 3.8) is 0 Å². The van der Waals surface area contributed by atoms with Gasteiger partial charge in [0.25, 0.3) is 0 Å². The Morgan fingerprint density at radius 2 is 2.25 bits per heavy atom. The third kappa shape index (κ3) is 2.82. The van der Waals surface area contributed by atoms with Crippen LogP contribution in [0.4, 0.5) is 5.13 Å². The van der Waals surface area contributed by atoms with Crippen LogP contribution in [0.25, 0.3) is 0 Å². The number of rotatable bonds is 5. The molecule has 2 aromatic rings. The molecule has 0 atom stereocenters.